The fraction of sp³-hybridized carbons (Fsp3) is 0.167. The molecule has 0 saturated heterocycles. The van der Waals surface area contributed by atoms with Gasteiger partial charge in [-0.15, -0.1) is 0 Å². The van der Waals surface area contributed by atoms with Gasteiger partial charge >= 0.3 is 5.97 Å². The fourth-order valence-electron chi connectivity index (χ4n) is 1.64. The lowest BCUT2D eigenvalue weighted by atomic mass is 10.2. The third-order valence-electron chi connectivity index (χ3n) is 2.45. The van der Waals surface area contributed by atoms with Crippen LogP contribution in [0, 0.1) is 0 Å². The number of halogens is 1. The number of benzene rings is 1. The molecule has 0 spiro atoms. The molecule has 0 aliphatic heterocycles. The molecule has 0 radical (unpaired) electrons. The SMILES string of the molecule is CCc1nn(-c2ccccc2)c(Cl)c1C(=O)O. The number of hydrogen-bond acceptors (Lipinski definition) is 2. The molecule has 0 bridgehead atoms. The van der Waals surface area contributed by atoms with Crippen LogP contribution in [0.15, 0.2) is 30.3 Å². The number of rotatable bonds is 3. The number of aryl methyl sites for hydroxylation is 1. The van der Waals surface area contributed by atoms with Gasteiger partial charge in [-0.2, -0.15) is 5.10 Å². The van der Waals surface area contributed by atoms with Gasteiger partial charge in [0.05, 0.1) is 11.4 Å². The third kappa shape index (κ3) is 2.03. The van der Waals surface area contributed by atoms with Gasteiger partial charge in [-0.1, -0.05) is 36.7 Å². The molecule has 0 aliphatic carbocycles. The summed E-state index contributed by atoms with van der Waals surface area (Å²) < 4.78 is 1.45. The lowest BCUT2D eigenvalue weighted by Gasteiger charge is -2.01. The molecule has 2 aromatic rings. The van der Waals surface area contributed by atoms with Crippen LogP contribution in [-0.2, 0) is 6.42 Å². The van der Waals surface area contributed by atoms with Crippen LogP contribution in [0.2, 0.25) is 5.15 Å². The highest BCUT2D eigenvalue weighted by molar-refractivity contribution is 6.32. The van der Waals surface area contributed by atoms with Gasteiger partial charge in [0.15, 0.2) is 0 Å². The molecule has 88 valence electrons. The maximum absolute atomic E-state index is 11.1. The van der Waals surface area contributed by atoms with Crippen molar-refractivity contribution in [3.05, 3.63) is 46.7 Å². The van der Waals surface area contributed by atoms with Gasteiger partial charge in [-0.05, 0) is 18.6 Å². The predicted octanol–water partition coefficient (Wildman–Crippen LogP) is 2.79. The molecular weight excluding hydrogens is 240 g/mol. The van der Waals surface area contributed by atoms with Crippen molar-refractivity contribution in [2.24, 2.45) is 0 Å². The Kier molecular flexibility index (Phi) is 3.15. The highest BCUT2D eigenvalue weighted by atomic mass is 35.5. The summed E-state index contributed by atoms with van der Waals surface area (Å²) in [5.74, 6) is -1.05. The quantitative estimate of drug-likeness (QED) is 0.911. The van der Waals surface area contributed by atoms with Crippen LogP contribution in [0.3, 0.4) is 0 Å². The Labute approximate surface area is 103 Å². The minimum absolute atomic E-state index is 0.0815. The van der Waals surface area contributed by atoms with Crippen molar-refractivity contribution < 1.29 is 9.90 Å². The summed E-state index contributed by atoms with van der Waals surface area (Å²) in [5, 5.41) is 13.5. The Hall–Kier alpha value is -1.81. The lowest BCUT2D eigenvalue weighted by molar-refractivity contribution is 0.0696. The molecule has 5 heteroatoms. The second-order valence-electron chi connectivity index (χ2n) is 3.52. The Morgan fingerprint density at radius 1 is 1.41 bits per heavy atom. The molecule has 0 amide bonds. The van der Waals surface area contributed by atoms with Gasteiger partial charge in [0, 0.05) is 0 Å². The molecule has 2 rings (SSSR count). The van der Waals surface area contributed by atoms with Crippen molar-refractivity contribution in [2.75, 3.05) is 0 Å². The average Bonchev–Trinajstić information content (AvgIpc) is 2.67. The van der Waals surface area contributed by atoms with Gasteiger partial charge < -0.3 is 5.11 Å². The zero-order valence-electron chi connectivity index (χ0n) is 9.22. The molecule has 4 nitrogen and oxygen atoms in total. The summed E-state index contributed by atoms with van der Waals surface area (Å²) in [5.41, 5.74) is 1.32. The lowest BCUT2D eigenvalue weighted by Crippen LogP contribution is -1.99. The number of para-hydroxylation sites is 1. The number of carbonyl (C=O) groups is 1. The molecule has 1 aromatic heterocycles. The van der Waals surface area contributed by atoms with Crippen LogP contribution in [0.5, 0.6) is 0 Å². The maximum atomic E-state index is 11.1. The Morgan fingerprint density at radius 3 is 2.53 bits per heavy atom. The second kappa shape index (κ2) is 4.59. The van der Waals surface area contributed by atoms with Crippen LogP contribution in [0.4, 0.5) is 0 Å². The molecule has 0 fully saturated rings. The van der Waals surface area contributed by atoms with Gasteiger partial charge in [0.2, 0.25) is 0 Å². The first-order valence-electron chi connectivity index (χ1n) is 5.21. The smallest absolute Gasteiger partial charge is 0.340 e. The zero-order valence-corrected chi connectivity index (χ0v) is 9.98. The average molecular weight is 251 g/mol. The Balaban J connectivity index is 2.61. The molecule has 1 heterocycles. The van der Waals surface area contributed by atoms with Crippen molar-refractivity contribution in [2.45, 2.75) is 13.3 Å². The first-order valence-corrected chi connectivity index (χ1v) is 5.59. The number of aromatic carboxylic acids is 1. The summed E-state index contributed by atoms with van der Waals surface area (Å²) in [7, 11) is 0. The number of hydrogen-bond donors (Lipinski definition) is 1. The summed E-state index contributed by atoms with van der Waals surface area (Å²) in [4.78, 5) is 11.1. The van der Waals surface area contributed by atoms with E-state index in [1.807, 2.05) is 37.3 Å². The van der Waals surface area contributed by atoms with E-state index in [4.69, 9.17) is 16.7 Å². The molecule has 0 saturated carbocycles. The van der Waals surface area contributed by atoms with Crippen molar-refractivity contribution in [1.29, 1.82) is 0 Å². The summed E-state index contributed by atoms with van der Waals surface area (Å²) in [6.45, 7) is 1.85. The zero-order chi connectivity index (χ0) is 12.4. The van der Waals surface area contributed by atoms with Crippen LogP contribution in [0.1, 0.15) is 23.0 Å². The number of nitrogens with zero attached hydrogens (tertiary/aromatic N) is 2. The molecule has 1 N–H and O–H groups in total. The molecule has 1 aromatic carbocycles. The largest absolute Gasteiger partial charge is 0.478 e. The third-order valence-corrected chi connectivity index (χ3v) is 2.80. The molecule has 0 unspecified atom stereocenters. The van der Waals surface area contributed by atoms with E-state index in [0.717, 1.165) is 5.69 Å². The van der Waals surface area contributed by atoms with E-state index < -0.39 is 5.97 Å². The summed E-state index contributed by atoms with van der Waals surface area (Å²) in [6.07, 6.45) is 0.529. The van der Waals surface area contributed by atoms with E-state index in [1.54, 1.807) is 0 Å². The standard InChI is InChI=1S/C12H11ClN2O2/c1-2-9-10(12(16)17)11(13)15(14-9)8-6-4-3-5-7-8/h3-7H,2H2,1H3,(H,16,17). The van der Waals surface area contributed by atoms with Crippen LogP contribution in [-0.4, -0.2) is 20.9 Å². The minimum atomic E-state index is -1.05. The van der Waals surface area contributed by atoms with Gasteiger partial charge in [0.25, 0.3) is 0 Å². The molecule has 0 atom stereocenters. The summed E-state index contributed by atoms with van der Waals surface area (Å²) >= 11 is 6.06. The minimum Gasteiger partial charge on any atom is -0.478 e. The highest BCUT2D eigenvalue weighted by Gasteiger charge is 2.21. The normalized spacial score (nSPS) is 10.5. The number of aromatic nitrogens is 2. The van der Waals surface area contributed by atoms with E-state index in [-0.39, 0.29) is 10.7 Å². The molecular formula is C12H11ClN2O2. The number of carboxylic acids is 1. The van der Waals surface area contributed by atoms with E-state index in [0.29, 0.717) is 12.1 Å². The summed E-state index contributed by atoms with van der Waals surface area (Å²) in [6, 6.07) is 9.21. The topological polar surface area (TPSA) is 55.1 Å². The monoisotopic (exact) mass is 250 g/mol. The molecule has 17 heavy (non-hydrogen) atoms. The van der Waals surface area contributed by atoms with Crippen LogP contribution < -0.4 is 0 Å². The van der Waals surface area contributed by atoms with Crippen molar-refractivity contribution >= 4 is 17.6 Å². The van der Waals surface area contributed by atoms with Crippen molar-refractivity contribution in [1.82, 2.24) is 9.78 Å². The van der Waals surface area contributed by atoms with Gasteiger partial charge in [0.1, 0.15) is 10.7 Å². The van der Waals surface area contributed by atoms with E-state index in [1.165, 1.54) is 4.68 Å². The first-order chi connectivity index (χ1) is 8.15. The van der Waals surface area contributed by atoms with Crippen LogP contribution >= 0.6 is 11.6 Å². The Morgan fingerprint density at radius 2 is 2.06 bits per heavy atom. The van der Waals surface area contributed by atoms with Crippen molar-refractivity contribution in [3.8, 4) is 5.69 Å². The molecule has 0 aliphatic rings. The van der Waals surface area contributed by atoms with Gasteiger partial charge in [-0.25, -0.2) is 9.48 Å². The van der Waals surface area contributed by atoms with Crippen LogP contribution in [0.25, 0.3) is 5.69 Å². The number of carboxylic acid groups (broad SMARTS) is 1. The fourth-order valence-corrected chi connectivity index (χ4v) is 1.96. The van der Waals surface area contributed by atoms with E-state index >= 15 is 0 Å². The van der Waals surface area contributed by atoms with E-state index in [9.17, 15) is 4.79 Å². The van der Waals surface area contributed by atoms with E-state index in [2.05, 4.69) is 5.10 Å². The first kappa shape index (κ1) is 11.7. The maximum Gasteiger partial charge on any atom is 0.340 e. The van der Waals surface area contributed by atoms with Crippen molar-refractivity contribution in [3.63, 3.8) is 0 Å². The highest BCUT2D eigenvalue weighted by Crippen LogP contribution is 2.24. The predicted molar refractivity (Wildman–Crippen MR) is 64.9 cm³/mol. The second-order valence-corrected chi connectivity index (χ2v) is 3.88. The van der Waals surface area contributed by atoms with Gasteiger partial charge in [-0.3, -0.25) is 0 Å². The Bertz CT molecular complexity index is 549.